The van der Waals surface area contributed by atoms with Gasteiger partial charge in [-0.2, -0.15) is 0 Å². The van der Waals surface area contributed by atoms with Crippen LogP contribution in [0.1, 0.15) is 15.9 Å². The van der Waals surface area contributed by atoms with Crippen molar-refractivity contribution in [1.29, 1.82) is 0 Å². The third-order valence-electron chi connectivity index (χ3n) is 3.42. The third-order valence-corrected chi connectivity index (χ3v) is 3.63. The zero-order valence-corrected chi connectivity index (χ0v) is 15.7. The Hall–Kier alpha value is -2.97. The van der Waals surface area contributed by atoms with E-state index < -0.39 is 5.91 Å². The van der Waals surface area contributed by atoms with Crippen LogP contribution in [0.3, 0.4) is 0 Å². The molecule has 3 N–H and O–H groups in total. The third kappa shape index (κ3) is 7.43. The van der Waals surface area contributed by atoms with Gasteiger partial charge in [0, 0.05) is 12.7 Å². The molecule has 27 heavy (non-hydrogen) atoms. The molecule has 7 nitrogen and oxygen atoms in total. The summed E-state index contributed by atoms with van der Waals surface area (Å²) in [5.74, 6) is -0.0268. The predicted octanol–water partition coefficient (Wildman–Crippen LogP) is 1.59. The molecule has 2 rings (SSSR count). The summed E-state index contributed by atoms with van der Waals surface area (Å²) in [5, 5.41) is 2.49. The zero-order valence-electron chi connectivity index (χ0n) is 14.9. The van der Waals surface area contributed by atoms with Crippen molar-refractivity contribution in [3.63, 3.8) is 0 Å². The highest BCUT2D eigenvalue weighted by molar-refractivity contribution is 7.80. The molecule has 8 heteroatoms. The van der Waals surface area contributed by atoms with Gasteiger partial charge in [0.15, 0.2) is 5.11 Å². The highest BCUT2D eigenvalue weighted by Crippen LogP contribution is 2.12. The van der Waals surface area contributed by atoms with Crippen LogP contribution >= 0.6 is 12.2 Å². The van der Waals surface area contributed by atoms with Gasteiger partial charge in [-0.25, -0.2) is 0 Å². The van der Waals surface area contributed by atoms with Crippen molar-refractivity contribution in [2.75, 3.05) is 20.3 Å². The lowest BCUT2D eigenvalue weighted by Gasteiger charge is -2.11. The number of carbonyl (C=O) groups is 2. The Bertz CT molecular complexity index is 766. The minimum absolute atomic E-state index is 0.00170. The smallest absolute Gasteiger partial charge is 0.257 e. The first-order valence-electron chi connectivity index (χ1n) is 8.24. The number of nitrogens with one attached hydrogen (secondary N) is 3. The first-order chi connectivity index (χ1) is 13.1. The fourth-order valence-corrected chi connectivity index (χ4v) is 2.25. The first-order valence-corrected chi connectivity index (χ1v) is 8.65. The first kappa shape index (κ1) is 20.3. The number of ether oxygens (including phenoxy) is 2. The minimum Gasteiger partial charge on any atom is -0.491 e. The molecule has 2 amide bonds. The molecule has 0 aliphatic heterocycles. The van der Waals surface area contributed by atoms with Crippen LogP contribution in [-0.2, 0) is 16.0 Å². The second-order valence-corrected chi connectivity index (χ2v) is 5.89. The molecule has 2 aromatic rings. The Balaban J connectivity index is 1.74. The van der Waals surface area contributed by atoms with Crippen LogP contribution in [0, 0.1) is 0 Å². The maximum absolute atomic E-state index is 12.2. The fraction of sp³-hybridized carbons (Fsp3) is 0.211. The highest BCUT2D eigenvalue weighted by atomic mass is 32.1. The van der Waals surface area contributed by atoms with E-state index in [1.165, 1.54) is 0 Å². The molecule has 0 aliphatic carbocycles. The van der Waals surface area contributed by atoms with Crippen LogP contribution in [0.15, 0.2) is 54.6 Å². The van der Waals surface area contributed by atoms with Crippen molar-refractivity contribution in [3.8, 4) is 5.75 Å². The lowest BCUT2D eigenvalue weighted by molar-refractivity contribution is -0.121. The quantitative estimate of drug-likeness (QED) is 0.380. The van der Waals surface area contributed by atoms with Crippen molar-refractivity contribution in [1.82, 2.24) is 16.2 Å². The van der Waals surface area contributed by atoms with Gasteiger partial charge in [0.25, 0.3) is 5.91 Å². The summed E-state index contributed by atoms with van der Waals surface area (Å²) >= 11 is 5.01. The van der Waals surface area contributed by atoms with Gasteiger partial charge in [0.2, 0.25) is 5.91 Å². The maximum atomic E-state index is 12.2. The number of rotatable bonds is 7. The van der Waals surface area contributed by atoms with E-state index in [9.17, 15) is 9.59 Å². The van der Waals surface area contributed by atoms with Crippen LogP contribution in [0.5, 0.6) is 5.75 Å². The van der Waals surface area contributed by atoms with E-state index >= 15 is 0 Å². The Morgan fingerprint density at radius 3 is 2.33 bits per heavy atom. The number of amides is 2. The standard InChI is InChI=1S/C19H21N3O4S/c1-25-11-12-26-16-9-7-15(8-10-16)18(24)20-19(27)22-21-17(23)13-14-5-3-2-4-6-14/h2-10H,11-13H2,1H3,(H,21,23)(H2,20,22,24,27). The van der Waals surface area contributed by atoms with Crippen molar-refractivity contribution in [2.24, 2.45) is 0 Å². The van der Waals surface area contributed by atoms with Crippen LogP contribution < -0.4 is 20.9 Å². The van der Waals surface area contributed by atoms with Gasteiger partial charge < -0.3 is 9.47 Å². The number of thiocarbonyl (C=S) groups is 1. The van der Waals surface area contributed by atoms with Crippen LogP contribution in [0.2, 0.25) is 0 Å². The van der Waals surface area contributed by atoms with Crippen molar-refractivity contribution >= 4 is 29.1 Å². The topological polar surface area (TPSA) is 88.7 Å². The molecule has 0 spiro atoms. The fourth-order valence-electron chi connectivity index (χ4n) is 2.10. The van der Waals surface area contributed by atoms with Crippen molar-refractivity contribution in [3.05, 3.63) is 65.7 Å². The van der Waals surface area contributed by atoms with Crippen LogP contribution in [-0.4, -0.2) is 37.3 Å². The van der Waals surface area contributed by atoms with E-state index in [1.807, 2.05) is 30.3 Å². The van der Waals surface area contributed by atoms with Gasteiger partial charge in [-0.3, -0.25) is 25.8 Å². The van der Waals surface area contributed by atoms with E-state index in [1.54, 1.807) is 31.4 Å². The second-order valence-electron chi connectivity index (χ2n) is 5.48. The number of hydrazine groups is 1. The number of carbonyl (C=O) groups excluding carboxylic acids is 2. The summed E-state index contributed by atoms with van der Waals surface area (Å²) in [6.07, 6.45) is 0.203. The zero-order chi connectivity index (χ0) is 19.5. The van der Waals surface area contributed by atoms with Gasteiger partial charge in [-0.05, 0) is 42.0 Å². The Labute approximate surface area is 163 Å². The van der Waals surface area contributed by atoms with Crippen molar-refractivity contribution < 1.29 is 19.1 Å². The molecular weight excluding hydrogens is 366 g/mol. The molecule has 0 unspecified atom stereocenters. The largest absolute Gasteiger partial charge is 0.491 e. The molecule has 0 aromatic heterocycles. The molecule has 142 valence electrons. The summed E-state index contributed by atoms with van der Waals surface area (Å²) in [6, 6.07) is 15.9. The number of hydrogen-bond acceptors (Lipinski definition) is 5. The van der Waals surface area contributed by atoms with Gasteiger partial charge in [0.1, 0.15) is 12.4 Å². The molecule has 2 aromatic carbocycles. The Morgan fingerprint density at radius 2 is 1.67 bits per heavy atom. The summed E-state index contributed by atoms with van der Waals surface area (Å²) < 4.78 is 10.3. The van der Waals surface area contributed by atoms with Gasteiger partial charge in [0.05, 0.1) is 13.0 Å². The van der Waals surface area contributed by atoms with Gasteiger partial charge in [-0.15, -0.1) is 0 Å². The SMILES string of the molecule is COCCOc1ccc(C(=O)NC(=S)NNC(=O)Cc2ccccc2)cc1. The Kier molecular flexibility index (Phi) is 8.21. The Morgan fingerprint density at radius 1 is 0.963 bits per heavy atom. The van der Waals surface area contributed by atoms with Crippen LogP contribution in [0.25, 0.3) is 0 Å². The molecule has 0 heterocycles. The average molecular weight is 387 g/mol. The molecule has 0 fully saturated rings. The molecule has 0 atom stereocenters. The van der Waals surface area contributed by atoms with Gasteiger partial charge in [-0.1, -0.05) is 30.3 Å². The molecule has 0 aliphatic rings. The monoisotopic (exact) mass is 387 g/mol. The highest BCUT2D eigenvalue weighted by Gasteiger charge is 2.09. The van der Waals surface area contributed by atoms with E-state index in [-0.39, 0.29) is 17.4 Å². The summed E-state index contributed by atoms with van der Waals surface area (Å²) in [5.41, 5.74) is 6.24. The summed E-state index contributed by atoms with van der Waals surface area (Å²) in [7, 11) is 1.60. The molecule has 0 radical (unpaired) electrons. The summed E-state index contributed by atoms with van der Waals surface area (Å²) in [6.45, 7) is 0.914. The molecular formula is C19H21N3O4S. The van der Waals surface area contributed by atoms with Crippen LogP contribution in [0.4, 0.5) is 0 Å². The lowest BCUT2D eigenvalue weighted by Crippen LogP contribution is -2.48. The second kappa shape index (κ2) is 10.9. The predicted molar refractivity (Wildman–Crippen MR) is 105 cm³/mol. The average Bonchev–Trinajstić information content (AvgIpc) is 2.68. The summed E-state index contributed by atoms with van der Waals surface area (Å²) in [4.78, 5) is 24.0. The number of benzene rings is 2. The van der Waals surface area contributed by atoms with E-state index in [0.717, 1.165) is 5.56 Å². The normalized spacial score (nSPS) is 9.96. The number of hydrogen-bond donors (Lipinski definition) is 3. The van der Waals surface area contributed by atoms with E-state index in [4.69, 9.17) is 21.7 Å². The van der Waals surface area contributed by atoms with E-state index in [0.29, 0.717) is 24.5 Å². The number of methoxy groups -OCH3 is 1. The molecule has 0 saturated carbocycles. The maximum Gasteiger partial charge on any atom is 0.257 e. The molecule has 0 bridgehead atoms. The van der Waals surface area contributed by atoms with Gasteiger partial charge >= 0.3 is 0 Å². The van der Waals surface area contributed by atoms with E-state index in [2.05, 4.69) is 16.2 Å². The molecule has 0 saturated heterocycles. The minimum atomic E-state index is -0.395. The lowest BCUT2D eigenvalue weighted by atomic mass is 10.1. The van der Waals surface area contributed by atoms with Crippen molar-refractivity contribution in [2.45, 2.75) is 6.42 Å².